The molecule has 0 heterocycles. The summed E-state index contributed by atoms with van der Waals surface area (Å²) in [6.45, 7) is 5.50. The molecule has 2 rings (SSSR count). The van der Waals surface area contributed by atoms with Crippen molar-refractivity contribution in [2.45, 2.75) is 45.3 Å². The van der Waals surface area contributed by atoms with Crippen LogP contribution in [0.1, 0.15) is 32.3 Å². The molecule has 1 aliphatic rings. The van der Waals surface area contributed by atoms with E-state index in [9.17, 15) is 4.79 Å². The molecule has 0 radical (unpaired) electrons. The Hall–Kier alpha value is -1.07. The molecule has 0 spiro atoms. The van der Waals surface area contributed by atoms with E-state index in [0.717, 1.165) is 29.5 Å². The van der Waals surface area contributed by atoms with E-state index in [1.807, 2.05) is 11.9 Å². The molecule has 0 aliphatic heterocycles. The van der Waals surface area contributed by atoms with Crippen molar-refractivity contribution in [3.05, 3.63) is 28.2 Å². The van der Waals surface area contributed by atoms with Crippen molar-refractivity contribution in [2.75, 3.05) is 18.5 Å². The molecule has 0 bridgehead atoms. The van der Waals surface area contributed by atoms with Gasteiger partial charge in [0.25, 0.3) is 0 Å². The molecule has 1 aromatic carbocycles. The number of nitrogens with zero attached hydrogens (tertiary/aromatic N) is 1. The van der Waals surface area contributed by atoms with E-state index in [-0.39, 0.29) is 5.91 Å². The first kappa shape index (κ1) is 16.3. The monoisotopic (exact) mass is 353 g/mol. The summed E-state index contributed by atoms with van der Waals surface area (Å²) in [7, 11) is 1.94. The number of hydrogen-bond acceptors (Lipinski definition) is 3. The second-order valence-corrected chi connectivity index (χ2v) is 6.86. The van der Waals surface area contributed by atoms with Crippen molar-refractivity contribution in [3.8, 4) is 0 Å². The van der Waals surface area contributed by atoms with Crippen LogP contribution in [0.2, 0.25) is 0 Å². The summed E-state index contributed by atoms with van der Waals surface area (Å²) in [5.41, 5.74) is 2.27. The Balaban J connectivity index is 1.92. The quantitative estimate of drug-likeness (QED) is 0.791. The van der Waals surface area contributed by atoms with E-state index in [1.165, 1.54) is 5.56 Å². The molecule has 1 aromatic rings. The molecule has 1 aliphatic carbocycles. The number of benzene rings is 1. The highest BCUT2D eigenvalue weighted by molar-refractivity contribution is 9.10. The Morgan fingerprint density at radius 2 is 2.14 bits per heavy atom. The van der Waals surface area contributed by atoms with E-state index < -0.39 is 0 Å². The van der Waals surface area contributed by atoms with Crippen LogP contribution in [0.3, 0.4) is 0 Å². The van der Waals surface area contributed by atoms with Gasteiger partial charge in [-0.05, 0) is 30.5 Å². The van der Waals surface area contributed by atoms with Crippen LogP contribution in [0.4, 0.5) is 5.69 Å². The lowest BCUT2D eigenvalue weighted by Crippen LogP contribution is -2.36. The number of amides is 1. The van der Waals surface area contributed by atoms with Crippen molar-refractivity contribution in [2.24, 2.45) is 0 Å². The average Bonchev–Trinajstić information content (AvgIpc) is 3.20. The van der Waals surface area contributed by atoms with Gasteiger partial charge in [-0.25, -0.2) is 0 Å². The van der Waals surface area contributed by atoms with Crippen molar-refractivity contribution in [1.29, 1.82) is 0 Å². The number of hydrogen-bond donors (Lipinski definition) is 2. The van der Waals surface area contributed by atoms with Gasteiger partial charge in [-0.1, -0.05) is 35.8 Å². The zero-order chi connectivity index (χ0) is 15.4. The molecule has 1 fully saturated rings. The molecule has 0 unspecified atom stereocenters. The van der Waals surface area contributed by atoms with Crippen molar-refractivity contribution >= 4 is 27.5 Å². The second-order valence-electron chi connectivity index (χ2n) is 6.01. The SMILES string of the molecule is CC(C)NCc1ccc(N(C)CC(=O)NC2CC2)cc1Br. The van der Waals surface area contributed by atoms with Crippen molar-refractivity contribution < 1.29 is 4.79 Å². The third-order valence-corrected chi connectivity index (χ3v) is 4.24. The Labute approximate surface area is 135 Å². The first-order chi connectivity index (χ1) is 9.95. The lowest BCUT2D eigenvalue weighted by atomic mass is 10.2. The lowest BCUT2D eigenvalue weighted by Gasteiger charge is -2.20. The molecule has 4 nitrogen and oxygen atoms in total. The van der Waals surface area contributed by atoms with Gasteiger partial charge in [0, 0.05) is 35.8 Å². The predicted molar refractivity (Wildman–Crippen MR) is 90.6 cm³/mol. The average molecular weight is 354 g/mol. The number of rotatable bonds is 7. The van der Waals surface area contributed by atoms with Gasteiger partial charge < -0.3 is 15.5 Å². The van der Waals surface area contributed by atoms with Gasteiger partial charge in [-0.2, -0.15) is 0 Å². The lowest BCUT2D eigenvalue weighted by molar-refractivity contribution is -0.119. The molecule has 0 aromatic heterocycles. The fraction of sp³-hybridized carbons (Fsp3) is 0.562. The highest BCUT2D eigenvalue weighted by Crippen LogP contribution is 2.24. The smallest absolute Gasteiger partial charge is 0.239 e. The Morgan fingerprint density at radius 1 is 1.43 bits per heavy atom. The third kappa shape index (κ3) is 5.32. The summed E-state index contributed by atoms with van der Waals surface area (Å²) in [6.07, 6.45) is 2.25. The highest BCUT2D eigenvalue weighted by Gasteiger charge is 2.23. The second kappa shape index (κ2) is 7.27. The predicted octanol–water partition coefficient (Wildman–Crippen LogP) is 2.66. The first-order valence-electron chi connectivity index (χ1n) is 7.48. The number of anilines is 1. The molecule has 0 atom stereocenters. The number of likely N-dealkylation sites (N-methyl/N-ethyl adjacent to an activating group) is 1. The zero-order valence-electron chi connectivity index (χ0n) is 12.9. The Morgan fingerprint density at radius 3 is 2.71 bits per heavy atom. The minimum absolute atomic E-state index is 0.0988. The molecule has 0 saturated heterocycles. The van der Waals surface area contributed by atoms with Crippen molar-refractivity contribution in [1.82, 2.24) is 10.6 Å². The zero-order valence-corrected chi connectivity index (χ0v) is 14.5. The van der Waals surface area contributed by atoms with Crippen LogP contribution < -0.4 is 15.5 Å². The summed E-state index contributed by atoms with van der Waals surface area (Å²) < 4.78 is 1.07. The van der Waals surface area contributed by atoms with Crippen LogP contribution >= 0.6 is 15.9 Å². The fourth-order valence-electron chi connectivity index (χ4n) is 2.04. The van der Waals surface area contributed by atoms with Crippen LogP contribution in [0, 0.1) is 0 Å². The largest absolute Gasteiger partial charge is 0.365 e. The topological polar surface area (TPSA) is 44.4 Å². The molecule has 1 amide bonds. The van der Waals surface area contributed by atoms with Gasteiger partial charge >= 0.3 is 0 Å². The van der Waals surface area contributed by atoms with E-state index in [2.05, 4.69) is 58.6 Å². The molecule has 21 heavy (non-hydrogen) atoms. The Bertz CT molecular complexity index is 500. The maximum absolute atomic E-state index is 11.8. The maximum Gasteiger partial charge on any atom is 0.239 e. The standard InChI is InChI=1S/C16H24BrN3O/c1-11(2)18-9-12-4-7-14(8-15(12)17)20(3)10-16(21)19-13-5-6-13/h4,7-8,11,13,18H,5-6,9-10H2,1-3H3,(H,19,21). The summed E-state index contributed by atoms with van der Waals surface area (Å²) >= 11 is 3.61. The van der Waals surface area contributed by atoms with Gasteiger partial charge in [0.05, 0.1) is 6.54 Å². The number of halogens is 1. The van der Waals surface area contributed by atoms with E-state index in [0.29, 0.717) is 18.6 Å². The minimum atomic E-state index is 0.0988. The van der Waals surface area contributed by atoms with Crippen LogP contribution in [0.5, 0.6) is 0 Å². The summed E-state index contributed by atoms with van der Waals surface area (Å²) in [6, 6.07) is 7.12. The highest BCUT2D eigenvalue weighted by atomic mass is 79.9. The minimum Gasteiger partial charge on any atom is -0.365 e. The molecule has 1 saturated carbocycles. The third-order valence-electron chi connectivity index (χ3n) is 3.50. The van der Waals surface area contributed by atoms with Crippen LogP contribution in [-0.4, -0.2) is 31.6 Å². The van der Waals surface area contributed by atoms with Gasteiger partial charge in [0.15, 0.2) is 0 Å². The maximum atomic E-state index is 11.8. The number of carbonyl (C=O) groups is 1. The van der Waals surface area contributed by atoms with Crippen LogP contribution in [-0.2, 0) is 11.3 Å². The fourth-order valence-corrected chi connectivity index (χ4v) is 2.55. The van der Waals surface area contributed by atoms with Gasteiger partial charge in [0.1, 0.15) is 0 Å². The van der Waals surface area contributed by atoms with E-state index in [4.69, 9.17) is 0 Å². The van der Waals surface area contributed by atoms with E-state index >= 15 is 0 Å². The molecule has 116 valence electrons. The summed E-state index contributed by atoms with van der Waals surface area (Å²) in [4.78, 5) is 13.8. The molecular weight excluding hydrogens is 330 g/mol. The normalized spacial score (nSPS) is 14.3. The Kier molecular flexibility index (Phi) is 5.65. The summed E-state index contributed by atoms with van der Waals surface area (Å²) in [5.74, 6) is 0.0988. The van der Waals surface area contributed by atoms with Crippen LogP contribution in [0.15, 0.2) is 22.7 Å². The summed E-state index contributed by atoms with van der Waals surface area (Å²) in [5, 5.41) is 6.42. The molecule has 2 N–H and O–H groups in total. The molecule has 5 heteroatoms. The van der Waals surface area contributed by atoms with E-state index in [1.54, 1.807) is 0 Å². The van der Waals surface area contributed by atoms with Gasteiger partial charge in [-0.15, -0.1) is 0 Å². The number of nitrogens with one attached hydrogen (secondary N) is 2. The van der Waals surface area contributed by atoms with Gasteiger partial charge in [-0.3, -0.25) is 4.79 Å². The first-order valence-corrected chi connectivity index (χ1v) is 8.27. The van der Waals surface area contributed by atoms with Crippen molar-refractivity contribution in [3.63, 3.8) is 0 Å². The number of carbonyl (C=O) groups excluding carboxylic acids is 1. The molecular formula is C16H24BrN3O. The van der Waals surface area contributed by atoms with Gasteiger partial charge in [0.2, 0.25) is 5.91 Å². The van der Waals surface area contributed by atoms with Crippen LogP contribution in [0.25, 0.3) is 0 Å².